The third kappa shape index (κ3) is 3.26. The Morgan fingerprint density at radius 3 is 2.95 bits per heavy atom. The molecule has 0 aliphatic carbocycles. The van der Waals surface area contributed by atoms with Gasteiger partial charge in [-0.15, -0.1) is 0 Å². The third-order valence-corrected chi connectivity index (χ3v) is 3.28. The summed E-state index contributed by atoms with van der Waals surface area (Å²) >= 11 is 0. The number of rotatable bonds is 3. The van der Waals surface area contributed by atoms with Crippen LogP contribution in [0.1, 0.15) is 18.9 Å². The molecule has 1 aliphatic rings. The van der Waals surface area contributed by atoms with Crippen LogP contribution in [0.4, 0.5) is 5.69 Å². The lowest BCUT2D eigenvalue weighted by Gasteiger charge is -2.26. The predicted octanol–water partition coefficient (Wildman–Crippen LogP) is 2.27. The van der Waals surface area contributed by atoms with Crippen LogP contribution in [0.3, 0.4) is 0 Å². The van der Waals surface area contributed by atoms with Crippen LogP contribution >= 0.6 is 0 Å². The van der Waals surface area contributed by atoms with Gasteiger partial charge in [-0.3, -0.25) is 19.8 Å². The molecule has 5 heteroatoms. The zero-order valence-corrected chi connectivity index (χ0v) is 10.8. The molecule has 1 aliphatic heterocycles. The molecule has 0 N–H and O–H groups in total. The number of Topliss-reactive ketones (excluding diaryl/α,β-unsaturated/α-hetero) is 1. The summed E-state index contributed by atoms with van der Waals surface area (Å²) in [6.07, 6.45) is 2.28. The highest BCUT2D eigenvalue weighted by Gasteiger charge is 2.20. The average molecular weight is 260 g/mol. The summed E-state index contributed by atoms with van der Waals surface area (Å²) in [6.45, 7) is 4.37. The second-order valence-electron chi connectivity index (χ2n) is 4.56. The maximum absolute atomic E-state index is 11.9. The van der Waals surface area contributed by atoms with Crippen molar-refractivity contribution in [3.05, 3.63) is 45.5 Å². The van der Waals surface area contributed by atoms with Crippen molar-refractivity contribution in [2.45, 2.75) is 13.3 Å². The number of carbonyl (C=O) groups is 1. The van der Waals surface area contributed by atoms with E-state index >= 15 is 0 Å². The van der Waals surface area contributed by atoms with Gasteiger partial charge in [0.15, 0.2) is 5.78 Å². The Bertz CT molecular complexity index is 537. The van der Waals surface area contributed by atoms with Gasteiger partial charge in [0.2, 0.25) is 0 Å². The van der Waals surface area contributed by atoms with Crippen molar-refractivity contribution < 1.29 is 9.72 Å². The number of likely N-dealkylation sites (N-methyl/N-ethyl adjacent to an activating group) is 1. The van der Waals surface area contributed by atoms with E-state index in [0.29, 0.717) is 18.5 Å². The SMILES string of the molecule is CCN1CCC(=O)/C(=C/c2cccc([N+](=O)[O-])c2)C1. The van der Waals surface area contributed by atoms with Crippen LogP contribution in [0.2, 0.25) is 0 Å². The molecule has 0 bridgehead atoms. The summed E-state index contributed by atoms with van der Waals surface area (Å²) in [7, 11) is 0. The second kappa shape index (κ2) is 5.75. The molecule has 0 amide bonds. The van der Waals surface area contributed by atoms with Crippen molar-refractivity contribution in [1.29, 1.82) is 0 Å². The first-order chi connectivity index (χ1) is 9.10. The molecular formula is C14H16N2O3. The first-order valence-corrected chi connectivity index (χ1v) is 6.30. The zero-order valence-electron chi connectivity index (χ0n) is 10.8. The van der Waals surface area contributed by atoms with Crippen molar-refractivity contribution >= 4 is 17.5 Å². The molecule has 0 aromatic heterocycles. The number of nitrogens with zero attached hydrogens (tertiary/aromatic N) is 2. The van der Waals surface area contributed by atoms with E-state index < -0.39 is 4.92 Å². The molecule has 1 heterocycles. The summed E-state index contributed by atoms with van der Waals surface area (Å²) < 4.78 is 0. The number of ketones is 1. The highest BCUT2D eigenvalue weighted by Crippen LogP contribution is 2.19. The van der Waals surface area contributed by atoms with Crippen LogP contribution < -0.4 is 0 Å². The van der Waals surface area contributed by atoms with Crippen LogP contribution in [0.5, 0.6) is 0 Å². The van der Waals surface area contributed by atoms with Crippen LogP contribution in [0.25, 0.3) is 6.08 Å². The number of carbonyl (C=O) groups excluding carboxylic acids is 1. The molecule has 5 nitrogen and oxygen atoms in total. The summed E-state index contributed by atoms with van der Waals surface area (Å²) in [5, 5.41) is 10.7. The second-order valence-corrected chi connectivity index (χ2v) is 4.56. The van der Waals surface area contributed by atoms with Crippen molar-refractivity contribution in [2.24, 2.45) is 0 Å². The van der Waals surface area contributed by atoms with Gasteiger partial charge in [-0.2, -0.15) is 0 Å². The number of nitro benzene ring substituents is 1. The van der Waals surface area contributed by atoms with Crippen LogP contribution in [-0.4, -0.2) is 35.2 Å². The van der Waals surface area contributed by atoms with E-state index in [0.717, 1.165) is 18.7 Å². The normalized spacial score (nSPS) is 18.8. The molecule has 100 valence electrons. The van der Waals surface area contributed by atoms with E-state index in [4.69, 9.17) is 0 Å². The fraction of sp³-hybridized carbons (Fsp3) is 0.357. The topological polar surface area (TPSA) is 63.5 Å². The van der Waals surface area contributed by atoms with Gasteiger partial charge in [0.05, 0.1) is 4.92 Å². The highest BCUT2D eigenvalue weighted by atomic mass is 16.6. The number of benzene rings is 1. The molecule has 1 fully saturated rings. The fourth-order valence-corrected chi connectivity index (χ4v) is 2.15. The Hall–Kier alpha value is -2.01. The summed E-state index contributed by atoms with van der Waals surface area (Å²) in [6, 6.07) is 6.35. The lowest BCUT2D eigenvalue weighted by Crippen LogP contribution is -2.35. The number of likely N-dealkylation sites (tertiary alicyclic amines) is 1. The molecular weight excluding hydrogens is 244 g/mol. The van der Waals surface area contributed by atoms with E-state index in [-0.39, 0.29) is 11.5 Å². The highest BCUT2D eigenvalue weighted by molar-refractivity contribution is 6.00. The summed E-state index contributed by atoms with van der Waals surface area (Å²) in [4.78, 5) is 24.3. The zero-order chi connectivity index (χ0) is 13.8. The number of non-ortho nitro benzene ring substituents is 1. The van der Waals surface area contributed by atoms with E-state index in [9.17, 15) is 14.9 Å². The number of nitro groups is 1. The van der Waals surface area contributed by atoms with Gasteiger partial charge >= 0.3 is 0 Å². The van der Waals surface area contributed by atoms with Crippen molar-refractivity contribution in [3.63, 3.8) is 0 Å². The van der Waals surface area contributed by atoms with E-state index in [2.05, 4.69) is 11.8 Å². The molecule has 2 rings (SSSR count). The summed E-state index contributed by atoms with van der Waals surface area (Å²) in [5.41, 5.74) is 1.48. The fourth-order valence-electron chi connectivity index (χ4n) is 2.15. The Labute approximate surface area is 111 Å². The molecule has 0 atom stereocenters. The van der Waals surface area contributed by atoms with Crippen molar-refractivity contribution in [2.75, 3.05) is 19.6 Å². The van der Waals surface area contributed by atoms with Crippen molar-refractivity contribution in [3.8, 4) is 0 Å². The molecule has 19 heavy (non-hydrogen) atoms. The number of hydrogen-bond donors (Lipinski definition) is 0. The molecule has 1 saturated heterocycles. The lowest BCUT2D eigenvalue weighted by atomic mass is 10.0. The average Bonchev–Trinajstić information content (AvgIpc) is 2.41. The lowest BCUT2D eigenvalue weighted by molar-refractivity contribution is -0.384. The first-order valence-electron chi connectivity index (χ1n) is 6.30. The predicted molar refractivity (Wildman–Crippen MR) is 72.8 cm³/mol. The maximum Gasteiger partial charge on any atom is 0.270 e. The third-order valence-electron chi connectivity index (χ3n) is 3.28. The van der Waals surface area contributed by atoms with Crippen LogP contribution in [0, 0.1) is 10.1 Å². The monoisotopic (exact) mass is 260 g/mol. The Balaban J connectivity index is 2.26. The van der Waals surface area contributed by atoms with Gasteiger partial charge < -0.3 is 0 Å². The first kappa shape index (κ1) is 13.4. The molecule has 0 unspecified atom stereocenters. The van der Waals surface area contributed by atoms with Crippen molar-refractivity contribution in [1.82, 2.24) is 4.90 Å². The molecule has 0 spiro atoms. The van der Waals surface area contributed by atoms with Gasteiger partial charge in [-0.25, -0.2) is 0 Å². The molecule has 0 saturated carbocycles. The van der Waals surface area contributed by atoms with Gasteiger partial charge in [-0.05, 0) is 18.2 Å². The molecule has 1 aromatic carbocycles. The molecule has 1 aromatic rings. The minimum Gasteiger partial charge on any atom is -0.299 e. The number of hydrogen-bond acceptors (Lipinski definition) is 4. The number of piperidine rings is 1. The smallest absolute Gasteiger partial charge is 0.270 e. The summed E-state index contributed by atoms with van der Waals surface area (Å²) in [5.74, 6) is 0.135. The van der Waals surface area contributed by atoms with Crippen LogP contribution in [-0.2, 0) is 4.79 Å². The van der Waals surface area contributed by atoms with Crippen LogP contribution in [0.15, 0.2) is 29.8 Å². The van der Waals surface area contributed by atoms with E-state index in [1.54, 1.807) is 18.2 Å². The van der Waals surface area contributed by atoms with E-state index in [1.165, 1.54) is 12.1 Å². The van der Waals surface area contributed by atoms with Gasteiger partial charge in [0, 0.05) is 37.2 Å². The quantitative estimate of drug-likeness (QED) is 0.475. The van der Waals surface area contributed by atoms with Gasteiger partial charge in [0.25, 0.3) is 5.69 Å². The standard InChI is InChI=1S/C14H16N2O3/c1-2-15-7-6-14(17)12(10-15)8-11-4-3-5-13(9-11)16(18)19/h3-5,8-9H,2,6-7,10H2,1H3/b12-8+. The van der Waals surface area contributed by atoms with Gasteiger partial charge in [-0.1, -0.05) is 19.1 Å². The Morgan fingerprint density at radius 2 is 2.26 bits per heavy atom. The maximum atomic E-state index is 11.9. The minimum absolute atomic E-state index is 0.0463. The largest absolute Gasteiger partial charge is 0.299 e. The minimum atomic E-state index is -0.428. The van der Waals surface area contributed by atoms with Gasteiger partial charge in [0.1, 0.15) is 0 Å². The Morgan fingerprint density at radius 1 is 1.47 bits per heavy atom. The molecule has 0 radical (unpaired) electrons. The Kier molecular flexibility index (Phi) is 4.06. The van der Waals surface area contributed by atoms with E-state index in [1.807, 2.05) is 0 Å².